The summed E-state index contributed by atoms with van der Waals surface area (Å²) in [7, 11) is 1.10. The van der Waals surface area contributed by atoms with Gasteiger partial charge in [-0.2, -0.15) is 32.2 Å². The van der Waals surface area contributed by atoms with Gasteiger partial charge in [0.25, 0.3) is 12.3 Å². The van der Waals surface area contributed by atoms with Gasteiger partial charge in [0, 0.05) is 31.6 Å². The van der Waals surface area contributed by atoms with Crippen LogP contribution in [0.25, 0.3) is 11.1 Å². The van der Waals surface area contributed by atoms with Crippen LogP contribution in [-0.2, 0) is 15.1 Å². The number of nitrogens with one attached hydrogen (secondary N) is 1. The van der Waals surface area contributed by atoms with Crippen LogP contribution in [0.15, 0.2) is 69.9 Å². The third kappa shape index (κ3) is 8.71. The number of alkyl carbamates (subject to hydrolysis) is 1. The van der Waals surface area contributed by atoms with Crippen LogP contribution < -0.4 is 16.1 Å². The minimum atomic E-state index is -4.53. The molecule has 12 nitrogen and oxygen atoms in total. The van der Waals surface area contributed by atoms with Crippen LogP contribution in [0, 0.1) is 11.3 Å². The average molecular weight is 800 g/mol. The van der Waals surface area contributed by atoms with E-state index in [9.17, 15) is 40.3 Å². The molecular formula is C35H37ClF7N9O3. The number of hydrogen-bond acceptors (Lipinski definition) is 8. The topological polar surface area (TPSA) is 143 Å². The lowest BCUT2D eigenvalue weighted by atomic mass is 9.75. The van der Waals surface area contributed by atoms with Crippen LogP contribution in [0.3, 0.4) is 0 Å². The Labute approximate surface area is 315 Å². The Morgan fingerprint density at radius 2 is 1.82 bits per heavy atom. The highest BCUT2D eigenvalue weighted by Crippen LogP contribution is 2.47. The van der Waals surface area contributed by atoms with E-state index in [1.54, 1.807) is 24.3 Å². The van der Waals surface area contributed by atoms with Crippen LogP contribution in [0.4, 0.5) is 41.2 Å². The molecule has 4 atom stereocenters. The number of halogens is 8. The van der Waals surface area contributed by atoms with Crippen molar-refractivity contribution in [1.82, 2.24) is 20.0 Å². The molecule has 0 unspecified atom stereocenters. The molecule has 2 aliphatic rings. The summed E-state index contributed by atoms with van der Waals surface area (Å²) in [5, 5.41) is 10.1. The number of aromatic nitrogens is 2. The second kappa shape index (κ2) is 15.5. The second-order valence-corrected chi connectivity index (χ2v) is 14.5. The maximum absolute atomic E-state index is 14.9. The lowest BCUT2D eigenvalue weighted by Crippen LogP contribution is -2.47. The van der Waals surface area contributed by atoms with Crippen molar-refractivity contribution in [3.63, 3.8) is 0 Å². The highest BCUT2D eigenvalue weighted by Gasteiger charge is 2.57. The van der Waals surface area contributed by atoms with Gasteiger partial charge in [0.15, 0.2) is 17.3 Å². The van der Waals surface area contributed by atoms with Crippen LogP contribution in [0.2, 0.25) is 5.02 Å². The first-order valence-corrected chi connectivity index (χ1v) is 17.0. The Kier molecular flexibility index (Phi) is 11.6. The van der Waals surface area contributed by atoms with Gasteiger partial charge in [-0.1, -0.05) is 62.7 Å². The third-order valence-electron chi connectivity index (χ3n) is 8.97. The molecule has 0 radical (unpaired) electrons. The fourth-order valence-corrected chi connectivity index (χ4v) is 6.64. The second-order valence-electron chi connectivity index (χ2n) is 14.1. The number of benzene rings is 2. The molecule has 2 amide bonds. The van der Waals surface area contributed by atoms with E-state index in [2.05, 4.69) is 32.2 Å². The number of hydrogen-bond donors (Lipinski definition) is 2. The molecule has 20 heteroatoms. The molecule has 2 heterocycles. The summed E-state index contributed by atoms with van der Waals surface area (Å²) >= 11 is 6.42. The zero-order chi connectivity index (χ0) is 40.6. The average Bonchev–Trinajstić information content (AvgIpc) is 3.62. The van der Waals surface area contributed by atoms with E-state index in [-0.39, 0.29) is 35.1 Å². The largest absolute Gasteiger partial charge is 0.447 e. The summed E-state index contributed by atoms with van der Waals surface area (Å²) < 4.78 is 99.6. The predicted molar refractivity (Wildman–Crippen MR) is 191 cm³/mol. The number of nitrogens with zero attached hydrogens (tertiary/aromatic N) is 7. The number of aliphatic imine (C=N–C) groups is 2. The SMILES string of the molecule is C=NN(C(=NC)C(F)F)c1cc([C@@H](COC(=O)N[C@@H]2C[C@H]2C(F)(F)F)N2C(=O)[C@@](CC(C)(C)C)(c3ccc(-c4cnn(C(F)F)c4)cc3)N=C2N)ccc1Cl. The Balaban J connectivity index is 1.56. The maximum atomic E-state index is 14.9. The summed E-state index contributed by atoms with van der Waals surface area (Å²) in [4.78, 5) is 37.0. The van der Waals surface area contributed by atoms with E-state index in [4.69, 9.17) is 22.1 Å². The van der Waals surface area contributed by atoms with Gasteiger partial charge in [-0.3, -0.25) is 14.7 Å². The quantitative estimate of drug-likeness (QED) is 0.0840. The Morgan fingerprint density at radius 1 is 1.15 bits per heavy atom. The van der Waals surface area contributed by atoms with E-state index in [0.717, 1.165) is 18.1 Å². The van der Waals surface area contributed by atoms with Crippen LogP contribution in [0.5, 0.6) is 0 Å². The lowest BCUT2D eigenvalue weighted by Gasteiger charge is -2.35. The Morgan fingerprint density at radius 3 is 2.35 bits per heavy atom. The lowest BCUT2D eigenvalue weighted by molar-refractivity contribution is -0.149. The van der Waals surface area contributed by atoms with Crippen LogP contribution in [-0.4, -0.2) is 77.5 Å². The van der Waals surface area contributed by atoms with Gasteiger partial charge >= 0.3 is 18.8 Å². The molecule has 1 fully saturated rings. The molecule has 1 aliphatic heterocycles. The number of anilines is 1. The van der Waals surface area contributed by atoms with Gasteiger partial charge in [-0.15, -0.1) is 0 Å². The number of amides is 2. The molecule has 1 saturated carbocycles. The number of carbonyl (C=O) groups excluding carboxylic acids is 2. The normalized spacial score (nSPS) is 20.8. The zero-order valence-corrected chi connectivity index (χ0v) is 30.6. The summed E-state index contributed by atoms with van der Waals surface area (Å²) in [5.41, 5.74) is 5.49. The van der Waals surface area contributed by atoms with Crippen molar-refractivity contribution in [2.45, 2.75) is 70.4 Å². The molecule has 5 rings (SSSR count). The molecule has 0 saturated heterocycles. The van der Waals surface area contributed by atoms with Gasteiger partial charge < -0.3 is 15.8 Å². The number of ether oxygens (including phenoxy) is 1. The van der Waals surface area contributed by atoms with E-state index in [0.29, 0.717) is 26.4 Å². The van der Waals surface area contributed by atoms with Gasteiger partial charge in [0.05, 0.1) is 28.9 Å². The molecule has 0 bridgehead atoms. The number of hydrazone groups is 1. The highest BCUT2D eigenvalue weighted by molar-refractivity contribution is 6.34. The summed E-state index contributed by atoms with van der Waals surface area (Å²) in [5.74, 6) is -3.59. The Hall–Kier alpha value is -5.20. The van der Waals surface area contributed by atoms with Crippen molar-refractivity contribution in [2.75, 3.05) is 18.7 Å². The number of carbonyl (C=O) groups is 2. The van der Waals surface area contributed by atoms with E-state index >= 15 is 0 Å². The van der Waals surface area contributed by atoms with Crippen LogP contribution >= 0.6 is 11.6 Å². The smallest absolute Gasteiger partial charge is 0.407 e. The van der Waals surface area contributed by atoms with Crippen molar-refractivity contribution in [1.29, 1.82) is 0 Å². The number of guanidine groups is 1. The molecule has 3 N–H and O–H groups in total. The van der Waals surface area contributed by atoms with Gasteiger partial charge in [0.2, 0.25) is 0 Å². The standard InChI is InChI=1S/C35H37ClF7N9O3/c1-33(2,3)17-34(21-9-6-18(7-10-21)20-14-47-50(15-20)30(39)40)29(53)51(31(44)49-34)26(16-55-32(54)48-24-13-22(24)35(41,42)43)19-8-11-23(36)25(12-19)52(46-5)28(45-4)27(37)38/h6-12,14-15,22,24,26-27,30H,5,13,16-17H2,1-4H3,(H2,44,49)(H,48,54)/t22-,24-,26-,34-/m1/s1. The van der Waals surface area contributed by atoms with E-state index in [1.807, 2.05) is 20.8 Å². The molecular weight excluding hydrogens is 763 g/mol. The molecule has 55 heavy (non-hydrogen) atoms. The molecule has 1 aliphatic carbocycles. The fraction of sp³-hybridized carbons (Fsp3) is 0.429. The number of nitrogens with two attached hydrogens (primary N) is 1. The minimum absolute atomic E-state index is 0.0814. The molecule has 2 aromatic carbocycles. The highest BCUT2D eigenvalue weighted by atomic mass is 35.5. The van der Waals surface area contributed by atoms with Gasteiger partial charge in [-0.05, 0) is 47.1 Å². The van der Waals surface area contributed by atoms with Crippen LogP contribution in [0.1, 0.15) is 57.3 Å². The summed E-state index contributed by atoms with van der Waals surface area (Å²) in [6, 6.07) is 7.81. The first-order valence-electron chi connectivity index (χ1n) is 16.6. The first kappa shape index (κ1) is 41.0. The predicted octanol–water partition coefficient (Wildman–Crippen LogP) is 7.52. The number of alkyl halides is 7. The van der Waals surface area contributed by atoms with Gasteiger partial charge in [-0.25, -0.2) is 28.3 Å². The molecule has 1 aromatic heterocycles. The van der Waals surface area contributed by atoms with Crippen molar-refractivity contribution < 1.29 is 45.1 Å². The molecule has 0 spiro atoms. The first-order chi connectivity index (χ1) is 25.7. The van der Waals surface area contributed by atoms with E-state index < -0.39 is 72.5 Å². The fourth-order valence-electron chi connectivity index (χ4n) is 6.45. The van der Waals surface area contributed by atoms with Crippen molar-refractivity contribution in [3.8, 4) is 11.1 Å². The maximum Gasteiger partial charge on any atom is 0.407 e. The van der Waals surface area contributed by atoms with E-state index in [1.165, 1.54) is 24.4 Å². The van der Waals surface area contributed by atoms with Gasteiger partial charge in [0.1, 0.15) is 6.61 Å². The number of rotatable bonds is 12. The molecule has 3 aromatic rings. The van der Waals surface area contributed by atoms with Crippen molar-refractivity contribution >= 4 is 47.8 Å². The zero-order valence-electron chi connectivity index (χ0n) is 29.9. The third-order valence-corrected chi connectivity index (χ3v) is 9.29. The van der Waals surface area contributed by atoms with Crippen molar-refractivity contribution in [3.05, 3.63) is 71.0 Å². The summed E-state index contributed by atoms with van der Waals surface area (Å²) in [6.45, 7) is 5.38. The Bertz CT molecular complexity index is 1980. The molecule has 296 valence electrons. The minimum Gasteiger partial charge on any atom is -0.447 e. The monoisotopic (exact) mass is 799 g/mol. The number of amidine groups is 1. The summed E-state index contributed by atoms with van der Waals surface area (Å²) in [6.07, 6.45) is -6.69. The van der Waals surface area contributed by atoms with Crippen molar-refractivity contribution in [2.24, 2.45) is 32.2 Å².